The van der Waals surface area contributed by atoms with Gasteiger partial charge in [0.2, 0.25) is 0 Å². The van der Waals surface area contributed by atoms with Crippen molar-refractivity contribution in [3.8, 4) is 29.9 Å². The molecular weight excluding hydrogens is 436 g/mol. The van der Waals surface area contributed by atoms with Crippen molar-refractivity contribution < 1.29 is 14.2 Å². The van der Waals surface area contributed by atoms with E-state index >= 15 is 0 Å². The highest BCUT2D eigenvalue weighted by atomic mass is 79.9. The summed E-state index contributed by atoms with van der Waals surface area (Å²) in [5, 5.41) is 13.7. The Bertz CT molecular complexity index is 977. The van der Waals surface area contributed by atoms with E-state index in [4.69, 9.17) is 20.6 Å². The van der Waals surface area contributed by atoms with Crippen LogP contribution in [0, 0.1) is 30.6 Å². The highest BCUT2D eigenvalue weighted by molar-refractivity contribution is 9.10. The van der Waals surface area contributed by atoms with Gasteiger partial charge in [-0.05, 0) is 53.5 Å². The number of aryl methyl sites for hydroxylation is 1. The molecule has 150 valence electrons. The second kappa shape index (κ2) is 11.1. The van der Waals surface area contributed by atoms with Gasteiger partial charge < -0.3 is 14.2 Å². The Hall–Kier alpha value is -3.07. The predicted octanol–water partition coefficient (Wildman–Crippen LogP) is 4.03. The first-order chi connectivity index (χ1) is 14.0. The van der Waals surface area contributed by atoms with Crippen LogP contribution in [0.2, 0.25) is 0 Å². The van der Waals surface area contributed by atoms with Crippen molar-refractivity contribution in [2.75, 3.05) is 25.7 Å². The second-order valence-electron chi connectivity index (χ2n) is 5.82. The summed E-state index contributed by atoms with van der Waals surface area (Å²) < 4.78 is 17.0. The Morgan fingerprint density at radius 2 is 2.14 bits per heavy atom. The smallest absolute Gasteiger partial charge is 0.176 e. The molecule has 7 nitrogen and oxygen atoms in total. The van der Waals surface area contributed by atoms with Gasteiger partial charge in [0, 0.05) is 18.4 Å². The molecule has 0 fully saturated rings. The van der Waals surface area contributed by atoms with E-state index in [0.29, 0.717) is 40.6 Å². The molecule has 2 aromatic rings. The lowest BCUT2D eigenvalue weighted by Crippen LogP contribution is -2.04. The summed E-state index contributed by atoms with van der Waals surface area (Å²) in [5.41, 5.74) is 5.49. The van der Waals surface area contributed by atoms with Crippen molar-refractivity contribution in [2.45, 2.75) is 20.5 Å². The molecule has 0 saturated carbocycles. The summed E-state index contributed by atoms with van der Waals surface area (Å²) in [6, 6.07) is 7.58. The van der Waals surface area contributed by atoms with Crippen LogP contribution in [0.3, 0.4) is 0 Å². The minimum atomic E-state index is 0.132. The van der Waals surface area contributed by atoms with Gasteiger partial charge in [-0.3, -0.25) is 5.43 Å². The van der Waals surface area contributed by atoms with E-state index in [0.717, 1.165) is 16.8 Å². The minimum absolute atomic E-state index is 0.132. The van der Waals surface area contributed by atoms with E-state index in [1.807, 2.05) is 26.0 Å². The third-order valence-electron chi connectivity index (χ3n) is 3.66. The molecule has 1 N–H and O–H groups in total. The van der Waals surface area contributed by atoms with Gasteiger partial charge in [0.1, 0.15) is 18.2 Å². The van der Waals surface area contributed by atoms with Crippen LogP contribution in [0.5, 0.6) is 11.5 Å². The first-order valence-corrected chi connectivity index (χ1v) is 9.54. The number of benzene rings is 1. The third kappa shape index (κ3) is 5.95. The summed E-state index contributed by atoms with van der Waals surface area (Å²) >= 11 is 3.47. The number of nitrogens with one attached hydrogen (secondary N) is 1. The number of terminal acetylenes is 1. The van der Waals surface area contributed by atoms with Crippen LogP contribution in [0.4, 0.5) is 5.82 Å². The summed E-state index contributed by atoms with van der Waals surface area (Å²) in [5.74, 6) is 3.88. The zero-order valence-corrected chi connectivity index (χ0v) is 18.0. The van der Waals surface area contributed by atoms with Gasteiger partial charge in [0.25, 0.3) is 0 Å². The Kier molecular flexibility index (Phi) is 8.47. The SMILES string of the molecule is C#CCOc1c(Br)cc(/C=N/Nc2nc(C)cc(COC)c2C#N)cc1OCC. The van der Waals surface area contributed by atoms with Crippen molar-refractivity contribution >= 4 is 28.0 Å². The Balaban J connectivity index is 2.29. The zero-order valence-electron chi connectivity index (χ0n) is 16.5. The molecule has 0 amide bonds. The van der Waals surface area contributed by atoms with Gasteiger partial charge in [-0.1, -0.05) is 5.92 Å². The lowest BCUT2D eigenvalue weighted by Gasteiger charge is -2.13. The van der Waals surface area contributed by atoms with Crippen molar-refractivity contribution in [3.63, 3.8) is 0 Å². The molecule has 2 rings (SSSR count). The number of methoxy groups -OCH3 is 1. The van der Waals surface area contributed by atoms with Crippen molar-refractivity contribution in [1.29, 1.82) is 5.26 Å². The van der Waals surface area contributed by atoms with Gasteiger partial charge in [0.05, 0.1) is 23.9 Å². The number of rotatable bonds is 9. The van der Waals surface area contributed by atoms with Crippen LogP contribution >= 0.6 is 15.9 Å². The second-order valence-corrected chi connectivity index (χ2v) is 6.67. The number of pyridine rings is 1. The number of hydrogen-bond acceptors (Lipinski definition) is 7. The Morgan fingerprint density at radius 1 is 1.34 bits per heavy atom. The summed E-state index contributed by atoms with van der Waals surface area (Å²) in [4.78, 5) is 4.35. The van der Waals surface area contributed by atoms with Crippen LogP contribution in [0.25, 0.3) is 0 Å². The largest absolute Gasteiger partial charge is 0.490 e. The van der Waals surface area contributed by atoms with E-state index in [2.05, 4.69) is 43.4 Å². The highest BCUT2D eigenvalue weighted by Crippen LogP contribution is 2.36. The lowest BCUT2D eigenvalue weighted by atomic mass is 10.1. The Labute approximate surface area is 178 Å². The number of hydrazone groups is 1. The molecule has 8 heteroatoms. The van der Waals surface area contributed by atoms with Gasteiger partial charge >= 0.3 is 0 Å². The van der Waals surface area contributed by atoms with Crippen LogP contribution < -0.4 is 14.9 Å². The third-order valence-corrected chi connectivity index (χ3v) is 4.25. The van der Waals surface area contributed by atoms with Crippen molar-refractivity contribution in [2.24, 2.45) is 5.10 Å². The van der Waals surface area contributed by atoms with Crippen LogP contribution in [-0.4, -0.2) is 31.5 Å². The fourth-order valence-electron chi connectivity index (χ4n) is 2.56. The first kappa shape index (κ1) is 22.2. The lowest BCUT2D eigenvalue weighted by molar-refractivity contribution is 0.184. The maximum Gasteiger partial charge on any atom is 0.176 e. The normalized spacial score (nSPS) is 10.4. The van der Waals surface area contributed by atoms with E-state index in [1.54, 1.807) is 19.4 Å². The van der Waals surface area contributed by atoms with E-state index < -0.39 is 0 Å². The fourth-order valence-corrected chi connectivity index (χ4v) is 3.14. The Morgan fingerprint density at radius 3 is 2.79 bits per heavy atom. The van der Waals surface area contributed by atoms with Gasteiger partial charge in [0.15, 0.2) is 17.3 Å². The first-order valence-electron chi connectivity index (χ1n) is 8.75. The molecule has 1 aromatic carbocycles. The summed E-state index contributed by atoms with van der Waals surface area (Å²) in [7, 11) is 1.58. The van der Waals surface area contributed by atoms with Crippen LogP contribution in [0.15, 0.2) is 27.8 Å². The number of anilines is 1. The molecule has 0 aliphatic rings. The molecule has 1 aromatic heterocycles. The number of nitriles is 1. The van der Waals surface area contributed by atoms with Crippen LogP contribution in [-0.2, 0) is 11.3 Å². The van der Waals surface area contributed by atoms with Crippen molar-refractivity contribution in [3.05, 3.63) is 45.1 Å². The quantitative estimate of drug-likeness (QED) is 0.348. The molecule has 29 heavy (non-hydrogen) atoms. The van der Waals surface area contributed by atoms with E-state index in [9.17, 15) is 5.26 Å². The van der Waals surface area contributed by atoms with Gasteiger partial charge in [-0.2, -0.15) is 10.4 Å². The number of ether oxygens (including phenoxy) is 3. The average Bonchev–Trinajstić information content (AvgIpc) is 2.68. The molecule has 0 saturated heterocycles. The number of hydrogen-bond donors (Lipinski definition) is 1. The zero-order chi connectivity index (χ0) is 21.2. The molecular formula is C21H21BrN4O3. The average molecular weight is 457 g/mol. The maximum absolute atomic E-state index is 9.48. The molecule has 0 aliphatic heterocycles. The highest BCUT2D eigenvalue weighted by Gasteiger charge is 2.13. The topological polar surface area (TPSA) is 88.8 Å². The van der Waals surface area contributed by atoms with E-state index in [1.165, 1.54) is 0 Å². The number of halogens is 1. The molecule has 0 bridgehead atoms. The standard InChI is InChI=1S/C21H21BrN4O3/c1-5-7-29-20-18(22)9-15(10-19(20)28-6-2)12-24-26-21-17(11-23)16(13-27-4)8-14(3)25-21/h1,8-10,12H,6-7,13H2,2-4H3,(H,25,26)/b24-12+. The summed E-state index contributed by atoms with van der Waals surface area (Å²) in [6.45, 7) is 4.64. The monoisotopic (exact) mass is 456 g/mol. The minimum Gasteiger partial charge on any atom is -0.490 e. The molecule has 0 radical (unpaired) electrons. The summed E-state index contributed by atoms with van der Waals surface area (Å²) in [6.07, 6.45) is 6.86. The molecule has 1 heterocycles. The molecule has 0 aliphatic carbocycles. The number of aromatic nitrogens is 1. The molecule has 0 atom stereocenters. The van der Waals surface area contributed by atoms with Gasteiger partial charge in [-0.15, -0.1) is 6.42 Å². The molecule has 0 unspecified atom stereocenters. The molecule has 0 spiro atoms. The van der Waals surface area contributed by atoms with Gasteiger partial charge in [-0.25, -0.2) is 4.98 Å². The maximum atomic E-state index is 9.48. The van der Waals surface area contributed by atoms with Crippen LogP contribution in [0.1, 0.15) is 29.3 Å². The predicted molar refractivity (Wildman–Crippen MR) is 115 cm³/mol. The number of nitrogens with zero attached hydrogens (tertiary/aromatic N) is 3. The van der Waals surface area contributed by atoms with E-state index in [-0.39, 0.29) is 6.61 Å². The fraction of sp³-hybridized carbons (Fsp3) is 0.286. The van der Waals surface area contributed by atoms with Crippen molar-refractivity contribution in [1.82, 2.24) is 4.98 Å².